The topological polar surface area (TPSA) is 97.7 Å². The molecule has 0 aliphatic rings. The quantitative estimate of drug-likeness (QED) is 0.573. The summed E-state index contributed by atoms with van der Waals surface area (Å²) in [5.74, 6) is -1.98. The number of esters is 1. The normalized spacial score (nSPS) is 9.00. The maximum absolute atomic E-state index is 10.6. The molecule has 98 valence electrons. The van der Waals surface area contributed by atoms with Crippen LogP contribution in [0.15, 0.2) is 0 Å². The number of Topliss-reactive ketones (excluding diaryl/α,β-unsaturated/α-hetero) is 2. The number of carboxylic acid groups (broad SMARTS) is 1. The molecule has 17 heavy (non-hydrogen) atoms. The average Bonchev–Trinajstić information content (AvgIpc) is 1.97. The van der Waals surface area contributed by atoms with Gasteiger partial charge in [0.25, 0.3) is 0 Å². The van der Waals surface area contributed by atoms with Crippen LogP contribution in [0.3, 0.4) is 0 Å². The molecular formula is C11H18O6. The van der Waals surface area contributed by atoms with E-state index in [4.69, 9.17) is 9.84 Å². The van der Waals surface area contributed by atoms with Gasteiger partial charge in [-0.2, -0.15) is 0 Å². The number of ketones is 2. The fraction of sp³-hybridized carbons (Fsp3) is 0.636. The second kappa shape index (κ2) is 9.50. The summed E-state index contributed by atoms with van der Waals surface area (Å²) in [7, 11) is 0. The van der Waals surface area contributed by atoms with Crippen molar-refractivity contribution in [1.29, 1.82) is 0 Å². The van der Waals surface area contributed by atoms with Crippen molar-refractivity contribution in [3.8, 4) is 0 Å². The van der Waals surface area contributed by atoms with Crippen LogP contribution in [-0.2, 0) is 23.9 Å². The minimum atomic E-state index is -1.06. The Kier molecular flexibility index (Phi) is 9.88. The molecule has 0 aliphatic heterocycles. The molecule has 0 saturated carbocycles. The van der Waals surface area contributed by atoms with Gasteiger partial charge in [-0.3, -0.25) is 19.2 Å². The molecule has 0 aromatic rings. The summed E-state index contributed by atoms with van der Waals surface area (Å²) in [4.78, 5) is 40.4. The van der Waals surface area contributed by atoms with Crippen LogP contribution in [-0.4, -0.2) is 34.7 Å². The summed E-state index contributed by atoms with van der Waals surface area (Å²) in [6.45, 7) is 6.10. The predicted molar refractivity (Wildman–Crippen MR) is 59.5 cm³/mol. The Labute approximate surface area is 99.9 Å². The number of aliphatic carboxylic acids is 1. The van der Waals surface area contributed by atoms with E-state index >= 15 is 0 Å². The van der Waals surface area contributed by atoms with Crippen molar-refractivity contribution >= 4 is 23.5 Å². The first-order valence-corrected chi connectivity index (χ1v) is 5.05. The van der Waals surface area contributed by atoms with Crippen molar-refractivity contribution in [2.45, 2.75) is 46.6 Å². The maximum Gasteiger partial charge on any atom is 0.313 e. The summed E-state index contributed by atoms with van der Waals surface area (Å²) in [5, 5.41) is 7.86. The van der Waals surface area contributed by atoms with Crippen LogP contribution >= 0.6 is 0 Å². The second-order valence-corrected chi connectivity index (χ2v) is 3.69. The Morgan fingerprint density at radius 3 is 1.59 bits per heavy atom. The molecule has 6 nitrogen and oxygen atoms in total. The highest BCUT2D eigenvalue weighted by molar-refractivity contribution is 5.94. The fourth-order valence-corrected chi connectivity index (χ4v) is 0.721. The van der Waals surface area contributed by atoms with Crippen molar-refractivity contribution < 1.29 is 29.0 Å². The number of carboxylic acids is 1. The number of rotatable bonds is 5. The molecule has 0 aromatic heterocycles. The van der Waals surface area contributed by atoms with Crippen molar-refractivity contribution in [2.75, 3.05) is 0 Å². The van der Waals surface area contributed by atoms with E-state index in [1.807, 2.05) is 0 Å². The molecule has 0 aromatic carbocycles. The molecule has 0 spiro atoms. The molecule has 0 fully saturated rings. The summed E-state index contributed by atoms with van der Waals surface area (Å²) >= 11 is 0. The monoisotopic (exact) mass is 246 g/mol. The third-order valence-corrected chi connectivity index (χ3v) is 1.16. The van der Waals surface area contributed by atoms with Crippen LogP contribution in [0.2, 0.25) is 0 Å². The molecule has 0 aliphatic carbocycles. The van der Waals surface area contributed by atoms with Crippen molar-refractivity contribution in [1.82, 2.24) is 0 Å². The van der Waals surface area contributed by atoms with E-state index in [-0.39, 0.29) is 30.5 Å². The summed E-state index contributed by atoms with van der Waals surface area (Å²) < 4.78 is 4.70. The Morgan fingerprint density at radius 1 is 1.00 bits per heavy atom. The minimum absolute atomic E-state index is 0.113. The zero-order chi connectivity index (χ0) is 14.0. The lowest BCUT2D eigenvalue weighted by atomic mass is 10.3. The van der Waals surface area contributed by atoms with Gasteiger partial charge in [0, 0.05) is 0 Å². The number of carbonyl (C=O) groups is 4. The molecule has 0 unspecified atom stereocenters. The van der Waals surface area contributed by atoms with Crippen LogP contribution in [0.5, 0.6) is 0 Å². The maximum atomic E-state index is 10.6. The van der Waals surface area contributed by atoms with E-state index in [0.717, 1.165) is 0 Å². The number of carbonyl (C=O) groups excluding carboxylic acids is 3. The zero-order valence-corrected chi connectivity index (χ0v) is 10.5. The first-order valence-electron chi connectivity index (χ1n) is 5.05. The van der Waals surface area contributed by atoms with E-state index < -0.39 is 11.9 Å². The number of hydrogen-bond acceptors (Lipinski definition) is 5. The van der Waals surface area contributed by atoms with Crippen molar-refractivity contribution in [3.05, 3.63) is 0 Å². The molecule has 1 N–H and O–H groups in total. The molecular weight excluding hydrogens is 228 g/mol. The van der Waals surface area contributed by atoms with Gasteiger partial charge >= 0.3 is 11.9 Å². The van der Waals surface area contributed by atoms with Crippen LogP contribution in [0.1, 0.15) is 40.5 Å². The van der Waals surface area contributed by atoms with Gasteiger partial charge in [-0.1, -0.05) is 0 Å². The van der Waals surface area contributed by atoms with E-state index in [1.165, 1.54) is 13.8 Å². The molecule has 6 heteroatoms. The molecule has 0 rings (SSSR count). The molecule has 0 saturated heterocycles. The highest BCUT2D eigenvalue weighted by Crippen LogP contribution is 1.93. The van der Waals surface area contributed by atoms with E-state index in [9.17, 15) is 19.2 Å². The van der Waals surface area contributed by atoms with Crippen LogP contribution in [0.4, 0.5) is 0 Å². The lowest BCUT2D eigenvalue weighted by Crippen LogP contribution is -2.13. The van der Waals surface area contributed by atoms with Crippen LogP contribution < -0.4 is 0 Å². The standard InChI is InChI=1S/C7H12O3.C4H6O3/c1-5(2)10-7(9)4-6(3)8;1-3(5)2-4(6)7/h5H,4H2,1-3H3;2H2,1H3,(H,6,7). The Morgan fingerprint density at radius 2 is 1.41 bits per heavy atom. The average molecular weight is 246 g/mol. The number of hydrogen-bond donors (Lipinski definition) is 1. The Balaban J connectivity index is 0. The van der Waals surface area contributed by atoms with Crippen molar-refractivity contribution in [2.24, 2.45) is 0 Å². The highest BCUT2D eigenvalue weighted by atomic mass is 16.5. The lowest BCUT2D eigenvalue weighted by Gasteiger charge is -2.05. The third kappa shape index (κ3) is 20.4. The molecule has 0 amide bonds. The molecule has 0 bridgehead atoms. The van der Waals surface area contributed by atoms with Gasteiger partial charge in [0.2, 0.25) is 0 Å². The number of ether oxygens (including phenoxy) is 1. The summed E-state index contributed by atoms with van der Waals surface area (Å²) in [6.07, 6.45) is -0.607. The zero-order valence-electron chi connectivity index (χ0n) is 10.5. The molecule has 0 atom stereocenters. The smallest absolute Gasteiger partial charge is 0.313 e. The van der Waals surface area contributed by atoms with Gasteiger partial charge < -0.3 is 9.84 Å². The second-order valence-electron chi connectivity index (χ2n) is 3.69. The SMILES string of the molecule is CC(=O)CC(=O)O.CC(=O)CC(=O)OC(C)C. The van der Waals surface area contributed by atoms with Gasteiger partial charge in [-0.25, -0.2) is 0 Å². The van der Waals surface area contributed by atoms with Crippen LogP contribution in [0, 0.1) is 0 Å². The largest absolute Gasteiger partial charge is 0.481 e. The van der Waals surface area contributed by atoms with Gasteiger partial charge in [0.1, 0.15) is 24.4 Å². The highest BCUT2D eigenvalue weighted by Gasteiger charge is 2.07. The third-order valence-electron chi connectivity index (χ3n) is 1.16. The van der Waals surface area contributed by atoms with E-state index in [2.05, 4.69) is 0 Å². The van der Waals surface area contributed by atoms with Gasteiger partial charge in [0.05, 0.1) is 6.10 Å². The van der Waals surface area contributed by atoms with Gasteiger partial charge in [0.15, 0.2) is 0 Å². The van der Waals surface area contributed by atoms with Crippen LogP contribution in [0.25, 0.3) is 0 Å². The van der Waals surface area contributed by atoms with Gasteiger partial charge in [-0.15, -0.1) is 0 Å². The first-order chi connectivity index (χ1) is 7.65. The summed E-state index contributed by atoms with van der Waals surface area (Å²) in [5.41, 5.74) is 0. The van der Waals surface area contributed by atoms with E-state index in [1.54, 1.807) is 13.8 Å². The molecule has 0 heterocycles. The predicted octanol–water partition coefficient (Wildman–Crippen LogP) is 0.967. The molecule has 0 radical (unpaired) electrons. The van der Waals surface area contributed by atoms with Gasteiger partial charge in [-0.05, 0) is 27.7 Å². The Bertz CT molecular complexity index is 280. The fourth-order valence-electron chi connectivity index (χ4n) is 0.721. The van der Waals surface area contributed by atoms with E-state index in [0.29, 0.717) is 0 Å². The summed E-state index contributed by atoms with van der Waals surface area (Å²) in [6, 6.07) is 0. The first kappa shape index (κ1) is 17.7. The minimum Gasteiger partial charge on any atom is -0.481 e. The lowest BCUT2D eigenvalue weighted by molar-refractivity contribution is -0.149. The van der Waals surface area contributed by atoms with Crippen molar-refractivity contribution in [3.63, 3.8) is 0 Å². The Hall–Kier alpha value is -1.72.